The van der Waals surface area contributed by atoms with E-state index in [-0.39, 0.29) is 13.0 Å². The molecule has 2 aromatic heterocycles. The summed E-state index contributed by atoms with van der Waals surface area (Å²) in [5.41, 5.74) is 1.09. The molecule has 10 heteroatoms. The Hall–Kier alpha value is -2.01. The lowest BCUT2D eigenvalue weighted by atomic mass is 10.0. The van der Waals surface area contributed by atoms with Gasteiger partial charge in [-0.05, 0) is 0 Å². The molecule has 1 aliphatic rings. The van der Waals surface area contributed by atoms with Crippen molar-refractivity contribution in [3.8, 4) is 0 Å². The molecular weight excluding hydrogens is 304 g/mol. The van der Waals surface area contributed by atoms with Gasteiger partial charge < -0.3 is 30.7 Å². The number of ether oxygens (including phenoxy) is 1. The van der Waals surface area contributed by atoms with Crippen molar-refractivity contribution in [2.24, 2.45) is 0 Å². The van der Waals surface area contributed by atoms with Crippen LogP contribution in [0, 0.1) is 0 Å². The number of nitrogens with one attached hydrogen (secondary N) is 2. The van der Waals surface area contributed by atoms with Crippen molar-refractivity contribution in [3.05, 3.63) is 6.33 Å². The van der Waals surface area contributed by atoms with Crippen LogP contribution in [0.4, 0.5) is 11.8 Å². The number of fused-ring (bicyclic) bond motifs is 1. The minimum atomic E-state index is -1.12. The maximum Gasteiger partial charge on any atom is 0.226 e. The molecule has 0 aromatic carbocycles. The summed E-state index contributed by atoms with van der Waals surface area (Å²) < 4.78 is 7.34. The van der Waals surface area contributed by atoms with Crippen LogP contribution in [0.2, 0.25) is 0 Å². The number of hydrogen-bond acceptors (Lipinski definition) is 9. The maximum atomic E-state index is 9.99. The summed E-state index contributed by atoms with van der Waals surface area (Å²) in [7, 11) is 3.44. The summed E-state index contributed by atoms with van der Waals surface area (Å²) in [6, 6.07) is 0. The Kier molecular flexibility index (Phi) is 4.31. The first-order chi connectivity index (χ1) is 11.1. The molecule has 1 aliphatic heterocycles. The van der Waals surface area contributed by atoms with Crippen LogP contribution in [-0.2, 0) is 4.74 Å². The van der Waals surface area contributed by atoms with Crippen molar-refractivity contribution in [3.63, 3.8) is 0 Å². The molecule has 126 valence electrons. The number of nitrogens with zero attached hydrogens (tertiary/aromatic N) is 4. The zero-order valence-electron chi connectivity index (χ0n) is 12.8. The second kappa shape index (κ2) is 6.24. The third-order valence-corrected chi connectivity index (χ3v) is 3.92. The van der Waals surface area contributed by atoms with Gasteiger partial charge in [0.2, 0.25) is 5.95 Å². The standard InChI is InChI=1S/C13H20N6O4/c1-14-11-9-12(18-13(15-2)17-11)19(5-16-9)8-3-6(21)10(22)7(4-20)23-8/h5-8,10,20-22H,3-4H2,1-2H3,(H2,14,15,17,18)/t6-,7-,8+,10+/m1/s1. The van der Waals surface area contributed by atoms with Crippen LogP contribution in [0.3, 0.4) is 0 Å². The SMILES string of the molecule is CNc1nc(NC)c2ncn([C@@H]3C[C@@H](O)[C@H](O)[C@@H](CO)O3)c2n1. The average molecular weight is 324 g/mol. The molecule has 10 nitrogen and oxygen atoms in total. The number of hydrogen-bond donors (Lipinski definition) is 5. The van der Waals surface area contributed by atoms with E-state index >= 15 is 0 Å². The van der Waals surface area contributed by atoms with Crippen molar-refractivity contribution >= 4 is 22.9 Å². The zero-order valence-corrected chi connectivity index (χ0v) is 12.8. The molecule has 2 aromatic rings. The first-order valence-corrected chi connectivity index (χ1v) is 7.31. The predicted molar refractivity (Wildman–Crippen MR) is 82.0 cm³/mol. The highest BCUT2D eigenvalue weighted by molar-refractivity contribution is 5.84. The van der Waals surface area contributed by atoms with Crippen LogP contribution < -0.4 is 10.6 Å². The van der Waals surface area contributed by atoms with E-state index < -0.39 is 24.5 Å². The predicted octanol–water partition coefficient (Wildman–Crippen LogP) is -1.09. The fraction of sp³-hybridized carbons (Fsp3) is 0.615. The van der Waals surface area contributed by atoms with Gasteiger partial charge in [0.05, 0.1) is 19.0 Å². The Morgan fingerprint density at radius 1 is 1.30 bits per heavy atom. The molecule has 5 N–H and O–H groups in total. The largest absolute Gasteiger partial charge is 0.394 e. The monoisotopic (exact) mass is 324 g/mol. The summed E-state index contributed by atoms with van der Waals surface area (Å²) in [5, 5.41) is 35.0. The van der Waals surface area contributed by atoms with Crippen LogP contribution in [-0.4, -0.2) is 73.9 Å². The number of aromatic nitrogens is 4. The summed E-state index contributed by atoms with van der Waals surface area (Å²) in [5.74, 6) is 0.979. The molecule has 1 saturated heterocycles. The van der Waals surface area contributed by atoms with Gasteiger partial charge in [-0.2, -0.15) is 9.97 Å². The first-order valence-electron chi connectivity index (χ1n) is 7.31. The van der Waals surface area contributed by atoms with Gasteiger partial charge in [-0.3, -0.25) is 4.57 Å². The van der Waals surface area contributed by atoms with Gasteiger partial charge in [-0.25, -0.2) is 4.98 Å². The van der Waals surface area contributed by atoms with Crippen LogP contribution in [0.1, 0.15) is 12.6 Å². The summed E-state index contributed by atoms with van der Waals surface area (Å²) >= 11 is 0. The van der Waals surface area contributed by atoms with Crippen LogP contribution >= 0.6 is 0 Å². The van der Waals surface area contributed by atoms with E-state index in [2.05, 4.69) is 25.6 Å². The highest BCUT2D eigenvalue weighted by Crippen LogP contribution is 2.31. The average Bonchev–Trinajstić information content (AvgIpc) is 3.00. The fourth-order valence-electron chi connectivity index (χ4n) is 2.68. The van der Waals surface area contributed by atoms with E-state index in [1.807, 2.05) is 0 Å². The van der Waals surface area contributed by atoms with E-state index in [4.69, 9.17) is 4.74 Å². The molecule has 0 unspecified atom stereocenters. The van der Waals surface area contributed by atoms with E-state index in [9.17, 15) is 15.3 Å². The molecule has 0 bridgehead atoms. The quantitative estimate of drug-likeness (QED) is 0.475. The number of anilines is 2. The smallest absolute Gasteiger partial charge is 0.226 e. The number of rotatable bonds is 4. The molecule has 0 spiro atoms. The van der Waals surface area contributed by atoms with E-state index in [0.29, 0.717) is 22.9 Å². The zero-order chi connectivity index (χ0) is 16.6. The third-order valence-electron chi connectivity index (χ3n) is 3.92. The summed E-state index contributed by atoms with van der Waals surface area (Å²) in [6.45, 7) is -0.389. The first kappa shape index (κ1) is 15.9. The number of aliphatic hydroxyl groups excluding tert-OH is 3. The molecule has 23 heavy (non-hydrogen) atoms. The van der Waals surface area contributed by atoms with Gasteiger partial charge in [0.15, 0.2) is 17.0 Å². The number of aliphatic hydroxyl groups is 3. The van der Waals surface area contributed by atoms with E-state index in [1.54, 1.807) is 25.0 Å². The Bertz CT molecular complexity index is 692. The fourth-order valence-corrected chi connectivity index (χ4v) is 2.68. The van der Waals surface area contributed by atoms with Gasteiger partial charge >= 0.3 is 0 Å². The van der Waals surface area contributed by atoms with Gasteiger partial charge in [0.1, 0.15) is 18.4 Å². The summed E-state index contributed by atoms with van der Waals surface area (Å²) in [6.07, 6.45) is -1.88. The molecule has 3 heterocycles. The van der Waals surface area contributed by atoms with Gasteiger partial charge in [-0.15, -0.1) is 0 Å². The lowest BCUT2D eigenvalue weighted by molar-refractivity contribution is -0.200. The Balaban J connectivity index is 2.03. The van der Waals surface area contributed by atoms with Crippen LogP contribution in [0.5, 0.6) is 0 Å². The topological polar surface area (TPSA) is 138 Å². The number of imidazole rings is 1. The molecule has 0 amide bonds. The minimum absolute atomic E-state index is 0.164. The van der Waals surface area contributed by atoms with E-state index in [0.717, 1.165) is 0 Å². The van der Waals surface area contributed by atoms with Crippen LogP contribution in [0.25, 0.3) is 11.2 Å². The van der Waals surface area contributed by atoms with Gasteiger partial charge in [0.25, 0.3) is 0 Å². The second-order valence-electron chi connectivity index (χ2n) is 5.33. The maximum absolute atomic E-state index is 9.99. The molecule has 3 rings (SSSR count). The highest BCUT2D eigenvalue weighted by Gasteiger charge is 2.37. The lowest BCUT2D eigenvalue weighted by Gasteiger charge is -2.36. The molecule has 4 atom stereocenters. The third kappa shape index (κ3) is 2.70. The van der Waals surface area contributed by atoms with Crippen molar-refractivity contribution in [1.29, 1.82) is 0 Å². The van der Waals surface area contributed by atoms with Gasteiger partial charge in [0, 0.05) is 20.5 Å². The van der Waals surface area contributed by atoms with Crippen molar-refractivity contribution in [2.75, 3.05) is 31.3 Å². The Morgan fingerprint density at radius 2 is 2.09 bits per heavy atom. The highest BCUT2D eigenvalue weighted by atomic mass is 16.5. The molecule has 0 radical (unpaired) electrons. The minimum Gasteiger partial charge on any atom is -0.394 e. The normalized spacial score (nSPS) is 28.0. The van der Waals surface area contributed by atoms with Crippen molar-refractivity contribution in [2.45, 2.75) is 31.0 Å². The lowest BCUT2D eigenvalue weighted by Crippen LogP contribution is -2.48. The van der Waals surface area contributed by atoms with Crippen LogP contribution in [0.15, 0.2) is 6.33 Å². The summed E-state index contributed by atoms with van der Waals surface area (Å²) in [4.78, 5) is 13.0. The molecular formula is C13H20N6O4. The second-order valence-corrected chi connectivity index (χ2v) is 5.33. The van der Waals surface area contributed by atoms with Crippen molar-refractivity contribution < 1.29 is 20.1 Å². The Labute approximate surface area is 132 Å². The van der Waals surface area contributed by atoms with E-state index in [1.165, 1.54) is 0 Å². The molecule has 0 aliphatic carbocycles. The molecule has 1 fully saturated rings. The van der Waals surface area contributed by atoms with Crippen molar-refractivity contribution in [1.82, 2.24) is 19.5 Å². The Morgan fingerprint density at radius 3 is 2.74 bits per heavy atom. The van der Waals surface area contributed by atoms with Gasteiger partial charge in [-0.1, -0.05) is 0 Å². The molecule has 0 saturated carbocycles.